The fraction of sp³-hybridized carbons (Fsp3) is 0.333. The van der Waals surface area contributed by atoms with E-state index in [1.54, 1.807) is 47.4 Å². The number of benzene rings is 2. The summed E-state index contributed by atoms with van der Waals surface area (Å²) in [5, 5.41) is -0.560. The first-order valence-electron chi connectivity index (χ1n) is 9.13. The van der Waals surface area contributed by atoms with Gasteiger partial charge in [-0.2, -0.15) is 0 Å². The smallest absolute Gasteiger partial charge is 0.222 e. The second-order valence-corrected chi connectivity index (χ2v) is 8.98. The summed E-state index contributed by atoms with van der Waals surface area (Å²) < 4.78 is 25.4. The topological polar surface area (TPSA) is 71.5 Å². The zero-order valence-electron chi connectivity index (χ0n) is 15.1. The Kier molecular flexibility index (Phi) is 6.06. The van der Waals surface area contributed by atoms with Crippen LogP contribution in [0.4, 0.5) is 0 Å². The van der Waals surface area contributed by atoms with Crippen molar-refractivity contribution in [3.63, 3.8) is 0 Å². The highest BCUT2D eigenvalue weighted by Gasteiger charge is 2.35. The molecule has 2 aromatic rings. The molecule has 1 unspecified atom stereocenters. The Labute approximate surface area is 159 Å². The molecule has 142 valence electrons. The first kappa shape index (κ1) is 19.3. The van der Waals surface area contributed by atoms with Crippen LogP contribution in [0.2, 0.25) is 0 Å². The van der Waals surface area contributed by atoms with Crippen LogP contribution >= 0.6 is 0 Å². The van der Waals surface area contributed by atoms with E-state index < -0.39 is 15.1 Å². The average molecular weight is 385 g/mol. The second kappa shape index (κ2) is 8.48. The molecule has 1 aliphatic heterocycles. The van der Waals surface area contributed by atoms with Crippen molar-refractivity contribution in [3.8, 4) is 0 Å². The summed E-state index contributed by atoms with van der Waals surface area (Å²) in [7, 11) is -3.42. The Morgan fingerprint density at radius 2 is 1.56 bits per heavy atom. The van der Waals surface area contributed by atoms with Gasteiger partial charge in [0.2, 0.25) is 5.91 Å². The van der Waals surface area contributed by atoms with Crippen molar-refractivity contribution in [2.45, 2.75) is 35.8 Å². The molecule has 27 heavy (non-hydrogen) atoms. The number of nitrogens with zero attached hydrogens (tertiary/aromatic N) is 1. The average Bonchev–Trinajstić information content (AvgIpc) is 3.20. The molecule has 6 heteroatoms. The lowest BCUT2D eigenvalue weighted by Gasteiger charge is -2.16. The van der Waals surface area contributed by atoms with E-state index in [2.05, 4.69) is 0 Å². The maximum Gasteiger partial charge on any atom is 0.222 e. The van der Waals surface area contributed by atoms with Crippen LogP contribution in [0.5, 0.6) is 0 Å². The van der Waals surface area contributed by atoms with E-state index in [1.807, 2.05) is 18.2 Å². The number of rotatable bonds is 7. The van der Waals surface area contributed by atoms with Crippen molar-refractivity contribution in [1.29, 1.82) is 0 Å². The van der Waals surface area contributed by atoms with Gasteiger partial charge in [-0.05, 0) is 25.0 Å². The molecule has 1 atom stereocenters. The fourth-order valence-corrected chi connectivity index (χ4v) is 5.05. The molecule has 1 saturated heterocycles. The molecular formula is C21H23NO4S. The van der Waals surface area contributed by atoms with E-state index in [0.717, 1.165) is 0 Å². The third kappa shape index (κ3) is 4.63. The molecule has 0 aliphatic carbocycles. The molecule has 5 nitrogen and oxygen atoms in total. The van der Waals surface area contributed by atoms with Crippen LogP contribution in [0, 0.1) is 0 Å². The second-order valence-electron chi connectivity index (χ2n) is 6.75. The van der Waals surface area contributed by atoms with Gasteiger partial charge in [0.05, 0.1) is 10.1 Å². The van der Waals surface area contributed by atoms with Gasteiger partial charge in [-0.3, -0.25) is 9.59 Å². The fourth-order valence-electron chi connectivity index (χ4n) is 3.34. The largest absolute Gasteiger partial charge is 0.341 e. The SMILES string of the molecule is O=C(CCCC(=O)N1CCC(S(=O)(=O)c2ccccc2)C1)c1ccccc1. The minimum absolute atomic E-state index is 0.0225. The molecule has 0 aromatic heterocycles. The molecule has 1 heterocycles. The van der Waals surface area contributed by atoms with Crippen LogP contribution in [0.3, 0.4) is 0 Å². The molecule has 0 saturated carbocycles. The first-order valence-corrected chi connectivity index (χ1v) is 10.7. The number of ketones is 1. The summed E-state index contributed by atoms with van der Waals surface area (Å²) in [5.74, 6) is -0.0593. The first-order chi connectivity index (χ1) is 13.0. The monoisotopic (exact) mass is 385 g/mol. The van der Waals surface area contributed by atoms with Crippen molar-refractivity contribution in [2.75, 3.05) is 13.1 Å². The van der Waals surface area contributed by atoms with Crippen LogP contribution in [-0.2, 0) is 14.6 Å². The Balaban J connectivity index is 1.50. The van der Waals surface area contributed by atoms with Gasteiger partial charge in [0.15, 0.2) is 15.6 Å². The lowest BCUT2D eigenvalue weighted by Crippen LogP contribution is -2.31. The number of likely N-dealkylation sites (tertiary alicyclic amines) is 1. The number of hydrogen-bond acceptors (Lipinski definition) is 4. The predicted molar refractivity (Wildman–Crippen MR) is 103 cm³/mol. The highest BCUT2D eigenvalue weighted by Crippen LogP contribution is 2.24. The van der Waals surface area contributed by atoms with Crippen molar-refractivity contribution in [3.05, 3.63) is 66.2 Å². The van der Waals surface area contributed by atoms with Crippen LogP contribution < -0.4 is 0 Å². The van der Waals surface area contributed by atoms with E-state index in [9.17, 15) is 18.0 Å². The summed E-state index contributed by atoms with van der Waals surface area (Å²) in [6, 6.07) is 17.4. The number of amides is 1. The standard InChI is InChI=1S/C21H23NO4S/c23-20(17-8-3-1-4-9-17)12-7-13-21(24)22-15-14-19(16-22)27(25,26)18-10-5-2-6-11-18/h1-6,8-11,19H,7,12-16H2. The molecule has 0 N–H and O–H groups in total. The zero-order chi connectivity index (χ0) is 19.3. The van der Waals surface area contributed by atoms with E-state index in [-0.39, 0.29) is 24.7 Å². The molecule has 2 aromatic carbocycles. The van der Waals surface area contributed by atoms with Crippen molar-refractivity contribution >= 4 is 21.5 Å². The third-order valence-electron chi connectivity index (χ3n) is 4.90. The summed E-state index contributed by atoms with van der Waals surface area (Å²) in [6.45, 7) is 0.672. The Morgan fingerprint density at radius 3 is 2.22 bits per heavy atom. The van der Waals surface area contributed by atoms with Gasteiger partial charge in [-0.25, -0.2) is 8.42 Å². The van der Waals surface area contributed by atoms with Crippen LogP contribution in [0.25, 0.3) is 0 Å². The molecule has 1 amide bonds. The maximum atomic E-state index is 12.7. The van der Waals surface area contributed by atoms with E-state index in [0.29, 0.717) is 36.3 Å². The number of sulfone groups is 1. The van der Waals surface area contributed by atoms with Gasteiger partial charge >= 0.3 is 0 Å². The van der Waals surface area contributed by atoms with Gasteiger partial charge in [-0.1, -0.05) is 48.5 Å². The Morgan fingerprint density at radius 1 is 0.926 bits per heavy atom. The van der Waals surface area contributed by atoms with Crippen LogP contribution in [0.1, 0.15) is 36.0 Å². The maximum absolute atomic E-state index is 12.7. The summed E-state index contributed by atoms with van der Waals surface area (Å²) in [5.41, 5.74) is 0.653. The van der Waals surface area contributed by atoms with Crippen molar-refractivity contribution in [1.82, 2.24) is 4.90 Å². The molecule has 0 radical (unpaired) electrons. The Bertz CT molecular complexity index is 894. The normalized spacial score (nSPS) is 17.0. The van der Waals surface area contributed by atoms with E-state index in [4.69, 9.17) is 0 Å². The van der Waals surface area contributed by atoms with Crippen molar-refractivity contribution < 1.29 is 18.0 Å². The van der Waals surface area contributed by atoms with Gasteiger partial charge in [0.25, 0.3) is 0 Å². The molecular weight excluding hydrogens is 362 g/mol. The van der Waals surface area contributed by atoms with E-state index in [1.165, 1.54) is 0 Å². The van der Waals surface area contributed by atoms with E-state index >= 15 is 0 Å². The summed E-state index contributed by atoms with van der Waals surface area (Å²) in [6.07, 6.45) is 1.50. The summed E-state index contributed by atoms with van der Waals surface area (Å²) in [4.78, 5) is 26.4. The molecule has 1 aliphatic rings. The quantitative estimate of drug-likeness (QED) is 0.687. The number of carbonyl (C=O) groups is 2. The van der Waals surface area contributed by atoms with Gasteiger partial charge in [0.1, 0.15) is 0 Å². The van der Waals surface area contributed by atoms with Gasteiger partial charge in [-0.15, -0.1) is 0 Å². The van der Waals surface area contributed by atoms with Crippen molar-refractivity contribution in [2.24, 2.45) is 0 Å². The highest BCUT2D eigenvalue weighted by atomic mass is 32.2. The minimum Gasteiger partial charge on any atom is -0.341 e. The van der Waals surface area contributed by atoms with Crippen LogP contribution in [-0.4, -0.2) is 43.3 Å². The third-order valence-corrected chi connectivity index (χ3v) is 7.09. The minimum atomic E-state index is -3.42. The summed E-state index contributed by atoms with van der Waals surface area (Å²) >= 11 is 0. The molecule has 0 spiro atoms. The number of hydrogen-bond donors (Lipinski definition) is 0. The lowest BCUT2D eigenvalue weighted by molar-refractivity contribution is -0.130. The molecule has 1 fully saturated rings. The predicted octanol–water partition coefficient (Wildman–Crippen LogP) is 3.11. The van der Waals surface area contributed by atoms with Gasteiger partial charge < -0.3 is 4.90 Å². The molecule has 3 rings (SSSR count). The number of Topliss-reactive ketones (excluding diaryl/α,β-unsaturated/α-hetero) is 1. The Hall–Kier alpha value is -2.47. The molecule has 0 bridgehead atoms. The highest BCUT2D eigenvalue weighted by molar-refractivity contribution is 7.92. The lowest BCUT2D eigenvalue weighted by atomic mass is 10.1. The van der Waals surface area contributed by atoms with Gasteiger partial charge in [0, 0.05) is 31.5 Å². The van der Waals surface area contributed by atoms with Crippen LogP contribution in [0.15, 0.2) is 65.6 Å². The number of carbonyl (C=O) groups excluding carboxylic acids is 2. The zero-order valence-corrected chi connectivity index (χ0v) is 15.9.